The van der Waals surface area contributed by atoms with Crippen LogP contribution in [0, 0.1) is 6.92 Å². The molecule has 1 aromatic carbocycles. The lowest BCUT2D eigenvalue weighted by atomic mass is 10.2. The predicted octanol–water partition coefficient (Wildman–Crippen LogP) is 3.58. The van der Waals surface area contributed by atoms with Gasteiger partial charge in [0, 0.05) is 22.3 Å². The summed E-state index contributed by atoms with van der Waals surface area (Å²) in [5.74, 6) is 0.679. The molecule has 5 nitrogen and oxygen atoms in total. The van der Waals surface area contributed by atoms with Gasteiger partial charge < -0.3 is 15.7 Å². The summed E-state index contributed by atoms with van der Waals surface area (Å²) < 4.78 is 5.59. The molecule has 104 valence electrons. The van der Waals surface area contributed by atoms with Gasteiger partial charge >= 0.3 is 0 Å². The molecule has 0 bridgehead atoms. The first-order valence-corrected chi connectivity index (χ1v) is 6.34. The highest BCUT2D eigenvalue weighted by Crippen LogP contribution is 2.31. The lowest BCUT2D eigenvalue weighted by Crippen LogP contribution is -2.13. The van der Waals surface area contributed by atoms with E-state index in [0.29, 0.717) is 27.1 Å². The average Bonchev–Trinajstić information content (AvgIpc) is 2.40. The first kappa shape index (κ1) is 14.4. The number of oxime groups is 1. The number of aromatic nitrogens is 1. The lowest BCUT2D eigenvalue weighted by Gasteiger charge is -2.09. The number of ether oxygens (including phenoxy) is 1. The van der Waals surface area contributed by atoms with Crippen LogP contribution in [0.2, 0.25) is 10.0 Å². The molecule has 0 aliphatic heterocycles. The molecule has 0 spiro atoms. The number of nitrogens with zero attached hydrogens (tertiary/aromatic N) is 2. The summed E-state index contributed by atoms with van der Waals surface area (Å²) in [4.78, 5) is 4.20. The normalized spacial score (nSPS) is 11.4. The number of rotatable bonds is 3. The maximum atomic E-state index is 8.70. The van der Waals surface area contributed by atoms with Gasteiger partial charge in [-0.1, -0.05) is 28.4 Å². The van der Waals surface area contributed by atoms with Crippen LogP contribution in [-0.2, 0) is 0 Å². The molecule has 0 atom stereocenters. The van der Waals surface area contributed by atoms with Crippen LogP contribution in [0.1, 0.15) is 11.3 Å². The number of pyridine rings is 1. The van der Waals surface area contributed by atoms with Crippen LogP contribution in [0.5, 0.6) is 11.6 Å². The molecule has 1 heterocycles. The van der Waals surface area contributed by atoms with Crippen LogP contribution < -0.4 is 10.5 Å². The largest absolute Gasteiger partial charge is 0.437 e. The highest BCUT2D eigenvalue weighted by atomic mass is 35.5. The van der Waals surface area contributed by atoms with E-state index in [1.807, 2.05) is 0 Å². The Kier molecular flexibility index (Phi) is 4.32. The Balaban J connectivity index is 2.36. The SMILES string of the molecule is Cc1cc(/C(N)=N/O)cc(Oc2ccc(Cl)cc2Cl)n1. The third-order valence-corrected chi connectivity index (χ3v) is 2.97. The summed E-state index contributed by atoms with van der Waals surface area (Å²) >= 11 is 11.8. The van der Waals surface area contributed by atoms with Gasteiger partial charge in [0.25, 0.3) is 0 Å². The lowest BCUT2D eigenvalue weighted by molar-refractivity contribution is 0.318. The zero-order valence-electron chi connectivity index (χ0n) is 10.5. The van der Waals surface area contributed by atoms with E-state index in [-0.39, 0.29) is 11.7 Å². The van der Waals surface area contributed by atoms with Crippen molar-refractivity contribution in [3.05, 3.63) is 51.6 Å². The second-order valence-corrected chi connectivity index (χ2v) is 4.84. The van der Waals surface area contributed by atoms with Crippen LogP contribution >= 0.6 is 23.2 Å². The molecule has 2 aromatic rings. The Hall–Kier alpha value is -1.98. The van der Waals surface area contributed by atoms with Gasteiger partial charge in [0.1, 0.15) is 5.75 Å². The molecule has 0 saturated carbocycles. The van der Waals surface area contributed by atoms with E-state index in [9.17, 15) is 0 Å². The Labute approximate surface area is 125 Å². The van der Waals surface area contributed by atoms with Crippen molar-refractivity contribution in [1.29, 1.82) is 0 Å². The molecule has 0 radical (unpaired) electrons. The summed E-state index contributed by atoms with van der Waals surface area (Å²) in [5.41, 5.74) is 6.71. The van der Waals surface area contributed by atoms with Gasteiger partial charge in [-0.3, -0.25) is 0 Å². The summed E-state index contributed by atoms with van der Waals surface area (Å²) in [5, 5.41) is 12.5. The quantitative estimate of drug-likeness (QED) is 0.393. The van der Waals surface area contributed by atoms with Crippen molar-refractivity contribution < 1.29 is 9.94 Å². The van der Waals surface area contributed by atoms with Crippen molar-refractivity contribution in [2.75, 3.05) is 0 Å². The number of hydrogen-bond donors (Lipinski definition) is 2. The summed E-state index contributed by atoms with van der Waals surface area (Å²) in [6.07, 6.45) is 0. The van der Waals surface area contributed by atoms with E-state index in [1.165, 1.54) is 0 Å². The van der Waals surface area contributed by atoms with Crippen LogP contribution in [0.3, 0.4) is 0 Å². The number of hydrogen-bond acceptors (Lipinski definition) is 4. The van der Waals surface area contributed by atoms with Crippen molar-refractivity contribution >= 4 is 29.0 Å². The zero-order chi connectivity index (χ0) is 14.7. The molecular weight excluding hydrogens is 301 g/mol. The van der Waals surface area contributed by atoms with Gasteiger partial charge in [-0.05, 0) is 31.2 Å². The fourth-order valence-electron chi connectivity index (χ4n) is 1.57. The minimum Gasteiger partial charge on any atom is -0.437 e. The minimum absolute atomic E-state index is 0.0254. The van der Waals surface area contributed by atoms with Crippen molar-refractivity contribution in [3.63, 3.8) is 0 Å². The van der Waals surface area contributed by atoms with Gasteiger partial charge in [-0.25, -0.2) is 4.98 Å². The molecular formula is C13H11Cl2N3O2. The molecule has 0 amide bonds. The van der Waals surface area contributed by atoms with Crippen molar-refractivity contribution in [1.82, 2.24) is 4.98 Å². The maximum Gasteiger partial charge on any atom is 0.220 e. The summed E-state index contributed by atoms with van der Waals surface area (Å²) in [6.45, 7) is 1.77. The Morgan fingerprint density at radius 3 is 2.70 bits per heavy atom. The molecule has 0 fully saturated rings. The average molecular weight is 312 g/mol. The summed E-state index contributed by atoms with van der Waals surface area (Å²) in [6, 6.07) is 8.08. The standard InChI is InChI=1S/C13H11Cl2N3O2/c1-7-4-8(13(16)18-19)5-12(17-7)20-11-3-2-9(14)6-10(11)15/h2-6,19H,1H3,(H2,16,18). The molecule has 0 aliphatic rings. The first-order valence-electron chi connectivity index (χ1n) is 5.59. The van der Waals surface area contributed by atoms with Crippen molar-refractivity contribution in [2.24, 2.45) is 10.9 Å². The molecule has 2 rings (SSSR count). The highest BCUT2D eigenvalue weighted by Gasteiger charge is 2.08. The van der Waals surface area contributed by atoms with E-state index in [2.05, 4.69) is 10.1 Å². The molecule has 1 aromatic heterocycles. The number of amidine groups is 1. The highest BCUT2D eigenvalue weighted by molar-refractivity contribution is 6.35. The second-order valence-electron chi connectivity index (χ2n) is 4.00. The van der Waals surface area contributed by atoms with Crippen LogP contribution in [0.4, 0.5) is 0 Å². The fourth-order valence-corrected chi connectivity index (χ4v) is 2.01. The monoisotopic (exact) mass is 311 g/mol. The van der Waals surface area contributed by atoms with Crippen LogP contribution in [0.15, 0.2) is 35.5 Å². The molecule has 7 heteroatoms. The fraction of sp³-hybridized carbons (Fsp3) is 0.0769. The van der Waals surface area contributed by atoms with Crippen LogP contribution in [0.25, 0.3) is 0 Å². The van der Waals surface area contributed by atoms with E-state index in [1.54, 1.807) is 37.3 Å². The molecule has 3 N–H and O–H groups in total. The van der Waals surface area contributed by atoms with Crippen molar-refractivity contribution in [2.45, 2.75) is 6.92 Å². The number of halogens is 2. The molecule has 0 unspecified atom stereocenters. The van der Waals surface area contributed by atoms with Gasteiger partial charge in [0.15, 0.2) is 5.84 Å². The summed E-state index contributed by atoms with van der Waals surface area (Å²) in [7, 11) is 0. The minimum atomic E-state index is -0.0254. The van der Waals surface area contributed by atoms with E-state index in [4.69, 9.17) is 38.9 Å². The van der Waals surface area contributed by atoms with Gasteiger partial charge in [-0.15, -0.1) is 0 Å². The smallest absolute Gasteiger partial charge is 0.220 e. The van der Waals surface area contributed by atoms with Gasteiger partial charge in [-0.2, -0.15) is 0 Å². The van der Waals surface area contributed by atoms with Crippen molar-refractivity contribution in [3.8, 4) is 11.6 Å². The van der Waals surface area contributed by atoms with E-state index < -0.39 is 0 Å². The second kappa shape index (κ2) is 5.98. The Morgan fingerprint density at radius 2 is 2.05 bits per heavy atom. The third kappa shape index (κ3) is 3.31. The van der Waals surface area contributed by atoms with E-state index >= 15 is 0 Å². The molecule has 20 heavy (non-hydrogen) atoms. The molecule has 0 aliphatic carbocycles. The maximum absolute atomic E-state index is 8.70. The number of benzene rings is 1. The predicted molar refractivity (Wildman–Crippen MR) is 78.0 cm³/mol. The first-order chi connectivity index (χ1) is 9.49. The number of aryl methyl sites for hydroxylation is 1. The number of nitrogens with two attached hydrogens (primary N) is 1. The topological polar surface area (TPSA) is 80.7 Å². The zero-order valence-corrected chi connectivity index (χ0v) is 12.0. The van der Waals surface area contributed by atoms with Crippen LogP contribution in [-0.4, -0.2) is 16.0 Å². The van der Waals surface area contributed by atoms with E-state index in [0.717, 1.165) is 0 Å². The third-order valence-electron chi connectivity index (χ3n) is 2.44. The molecule has 0 saturated heterocycles. The Morgan fingerprint density at radius 1 is 1.30 bits per heavy atom. The van der Waals surface area contributed by atoms with Gasteiger partial charge in [0.05, 0.1) is 5.02 Å². The Bertz CT molecular complexity index is 675. The van der Waals surface area contributed by atoms with Gasteiger partial charge in [0.2, 0.25) is 5.88 Å².